The summed E-state index contributed by atoms with van der Waals surface area (Å²) in [6, 6.07) is 10.0. The van der Waals surface area contributed by atoms with Crippen LogP contribution in [-0.2, 0) is 22.6 Å². The molecule has 1 aromatic carbocycles. The number of carbonyl (C=O) groups excluding carboxylic acids is 2. The molecule has 0 saturated heterocycles. The van der Waals surface area contributed by atoms with Crippen molar-refractivity contribution in [3.8, 4) is 0 Å². The monoisotopic (exact) mass is 512 g/mol. The van der Waals surface area contributed by atoms with Gasteiger partial charge in [0, 0.05) is 30.3 Å². The van der Waals surface area contributed by atoms with Crippen LogP contribution in [0.4, 0.5) is 5.13 Å². The Morgan fingerprint density at radius 2 is 1.94 bits per heavy atom. The molecule has 0 spiro atoms. The van der Waals surface area contributed by atoms with Crippen LogP contribution < -0.4 is 5.32 Å². The molecule has 4 rings (SSSR count). The van der Waals surface area contributed by atoms with Gasteiger partial charge in [-0.05, 0) is 56.2 Å². The molecule has 1 saturated carbocycles. The molecule has 2 aliphatic rings. The second kappa shape index (κ2) is 10.6. The quantitative estimate of drug-likeness (QED) is 0.586. The molecule has 196 valence electrons. The second-order valence-corrected chi connectivity index (χ2v) is 12.5. The van der Waals surface area contributed by atoms with Gasteiger partial charge in [-0.2, -0.15) is 0 Å². The van der Waals surface area contributed by atoms with Gasteiger partial charge in [0.05, 0.1) is 18.3 Å². The molecule has 1 fully saturated rings. The van der Waals surface area contributed by atoms with E-state index in [2.05, 4.69) is 19.2 Å². The van der Waals surface area contributed by atoms with Crippen molar-refractivity contribution >= 4 is 28.3 Å². The minimum Gasteiger partial charge on any atom is -0.392 e. The van der Waals surface area contributed by atoms with Gasteiger partial charge in [0.1, 0.15) is 0 Å². The van der Waals surface area contributed by atoms with Gasteiger partial charge in [-0.25, -0.2) is 4.98 Å². The molecule has 2 aromatic rings. The summed E-state index contributed by atoms with van der Waals surface area (Å²) in [4.78, 5) is 35.2. The fourth-order valence-electron chi connectivity index (χ4n) is 6.51. The number of amides is 2. The highest BCUT2D eigenvalue weighted by molar-refractivity contribution is 7.15. The van der Waals surface area contributed by atoms with Gasteiger partial charge in [0.2, 0.25) is 11.8 Å². The van der Waals surface area contributed by atoms with Crippen molar-refractivity contribution < 1.29 is 14.7 Å². The lowest BCUT2D eigenvalue weighted by molar-refractivity contribution is -0.144. The van der Waals surface area contributed by atoms with Crippen LogP contribution >= 0.6 is 11.3 Å². The molecule has 0 bridgehead atoms. The molecule has 2 aliphatic carbocycles. The number of hydrogen-bond acceptors (Lipinski definition) is 6. The van der Waals surface area contributed by atoms with E-state index in [0.717, 1.165) is 30.5 Å². The van der Waals surface area contributed by atoms with Crippen LogP contribution in [0.2, 0.25) is 0 Å². The number of benzene rings is 1. The van der Waals surface area contributed by atoms with Gasteiger partial charge in [-0.1, -0.05) is 51.1 Å². The van der Waals surface area contributed by atoms with Crippen LogP contribution in [0, 0.1) is 23.2 Å². The van der Waals surface area contributed by atoms with E-state index in [9.17, 15) is 14.7 Å². The van der Waals surface area contributed by atoms with Crippen molar-refractivity contribution in [3.63, 3.8) is 0 Å². The van der Waals surface area contributed by atoms with E-state index >= 15 is 0 Å². The predicted octanol–water partition coefficient (Wildman–Crippen LogP) is 3.99. The molecule has 2 amide bonds. The number of fused-ring (bicyclic) bond motifs is 2. The Morgan fingerprint density at radius 3 is 2.61 bits per heavy atom. The number of thiazole rings is 1. The fourth-order valence-corrected chi connectivity index (χ4v) is 7.79. The van der Waals surface area contributed by atoms with Gasteiger partial charge in [0.25, 0.3) is 0 Å². The molecule has 8 heteroatoms. The maximum atomic E-state index is 13.4. The summed E-state index contributed by atoms with van der Waals surface area (Å²) in [6.45, 7) is 7.26. The zero-order valence-corrected chi connectivity index (χ0v) is 23.1. The molecular weight excluding hydrogens is 472 g/mol. The third-order valence-corrected chi connectivity index (χ3v) is 9.29. The summed E-state index contributed by atoms with van der Waals surface area (Å²) in [6.07, 6.45) is 2.06. The zero-order chi connectivity index (χ0) is 26.2. The van der Waals surface area contributed by atoms with Crippen molar-refractivity contribution in [1.29, 1.82) is 0 Å². The average Bonchev–Trinajstić information content (AvgIpc) is 3.20. The summed E-state index contributed by atoms with van der Waals surface area (Å²) in [7, 11) is 5.58. The van der Waals surface area contributed by atoms with E-state index in [1.807, 2.05) is 63.3 Å². The van der Waals surface area contributed by atoms with Crippen molar-refractivity contribution in [2.75, 3.05) is 33.0 Å². The SMILES string of the molecule is C[C@H](C(=O)N(C)Cc1ccccc1)[C@H]1CC[C@@]2(C)Cc3sc(NC(=O)CN(C)C)nc3[C@@H](C)[C@@H]2[C@H]1O. The Kier molecular flexibility index (Phi) is 7.88. The summed E-state index contributed by atoms with van der Waals surface area (Å²) in [5.74, 6) is -0.272. The standard InChI is InChI=1S/C28H40N4O3S/c1-17(26(35)32(6)15-19-10-8-7-9-11-19)20-12-13-28(3)14-21-24(18(2)23(28)25(20)34)30-27(36-21)29-22(33)16-31(4)5/h7-11,17-18,20,23,25,34H,12-16H2,1-6H3,(H,29,30,33)/t17-,18-,20+,23+,25-,28-/m0/s1. The summed E-state index contributed by atoms with van der Waals surface area (Å²) < 4.78 is 0. The third kappa shape index (κ3) is 5.36. The van der Waals surface area contributed by atoms with E-state index in [1.54, 1.807) is 16.2 Å². The largest absolute Gasteiger partial charge is 0.392 e. The Balaban J connectivity index is 1.49. The van der Waals surface area contributed by atoms with E-state index in [-0.39, 0.29) is 40.9 Å². The Morgan fingerprint density at radius 1 is 1.25 bits per heavy atom. The summed E-state index contributed by atoms with van der Waals surface area (Å²) >= 11 is 1.56. The normalized spacial score (nSPS) is 28.2. The van der Waals surface area contributed by atoms with Crippen molar-refractivity contribution in [2.45, 2.75) is 58.6 Å². The highest BCUT2D eigenvalue weighted by atomic mass is 32.1. The number of anilines is 1. The highest BCUT2D eigenvalue weighted by Gasteiger charge is 2.54. The molecule has 1 heterocycles. The van der Waals surface area contributed by atoms with Crippen LogP contribution in [0.3, 0.4) is 0 Å². The number of aromatic nitrogens is 1. The second-order valence-electron chi connectivity index (χ2n) is 11.4. The first-order valence-electron chi connectivity index (χ1n) is 12.9. The average molecular weight is 513 g/mol. The molecule has 36 heavy (non-hydrogen) atoms. The Hall–Kier alpha value is -2.29. The first-order chi connectivity index (χ1) is 17.0. The maximum Gasteiger partial charge on any atom is 0.240 e. The van der Waals surface area contributed by atoms with Gasteiger partial charge < -0.3 is 20.2 Å². The predicted molar refractivity (Wildman–Crippen MR) is 144 cm³/mol. The molecule has 6 atom stereocenters. The van der Waals surface area contributed by atoms with Gasteiger partial charge in [-0.15, -0.1) is 11.3 Å². The smallest absolute Gasteiger partial charge is 0.240 e. The molecular formula is C28H40N4O3S. The number of nitrogens with one attached hydrogen (secondary N) is 1. The van der Waals surface area contributed by atoms with Crippen LogP contribution in [-0.4, -0.2) is 65.5 Å². The van der Waals surface area contributed by atoms with E-state index in [1.165, 1.54) is 4.88 Å². The summed E-state index contributed by atoms with van der Waals surface area (Å²) in [5.41, 5.74) is 2.03. The van der Waals surface area contributed by atoms with E-state index in [4.69, 9.17) is 4.98 Å². The first kappa shape index (κ1) is 26.8. The van der Waals surface area contributed by atoms with Gasteiger partial charge >= 0.3 is 0 Å². The van der Waals surface area contributed by atoms with Gasteiger partial charge in [-0.3, -0.25) is 9.59 Å². The number of aliphatic hydroxyl groups is 1. The molecule has 7 nitrogen and oxygen atoms in total. The summed E-state index contributed by atoms with van der Waals surface area (Å²) in [5, 5.41) is 15.3. The topological polar surface area (TPSA) is 85.8 Å². The number of likely N-dealkylation sites (N-methyl/N-ethyl adjacent to an activating group) is 1. The third-order valence-electron chi connectivity index (χ3n) is 8.30. The first-order valence-corrected chi connectivity index (χ1v) is 13.7. The number of rotatable bonds is 7. The zero-order valence-electron chi connectivity index (χ0n) is 22.3. The number of hydrogen-bond donors (Lipinski definition) is 2. The number of aliphatic hydroxyl groups excluding tert-OH is 1. The molecule has 2 N–H and O–H groups in total. The van der Waals surface area contributed by atoms with Crippen molar-refractivity contribution in [2.24, 2.45) is 23.2 Å². The molecule has 0 aliphatic heterocycles. The highest BCUT2D eigenvalue weighted by Crippen LogP contribution is 2.57. The lowest BCUT2D eigenvalue weighted by Crippen LogP contribution is -2.53. The molecule has 1 aromatic heterocycles. The van der Waals surface area contributed by atoms with E-state index < -0.39 is 6.10 Å². The molecule has 0 unspecified atom stereocenters. The van der Waals surface area contributed by atoms with Crippen LogP contribution in [0.5, 0.6) is 0 Å². The van der Waals surface area contributed by atoms with Gasteiger partial charge in [0.15, 0.2) is 5.13 Å². The Labute approximate surface area is 218 Å². The van der Waals surface area contributed by atoms with Crippen LogP contribution in [0.1, 0.15) is 55.7 Å². The lowest BCUT2D eigenvalue weighted by atomic mass is 9.53. The minimum atomic E-state index is -0.579. The minimum absolute atomic E-state index is 0.0193. The Bertz CT molecular complexity index is 1090. The van der Waals surface area contributed by atoms with Crippen LogP contribution in [0.15, 0.2) is 30.3 Å². The number of nitrogens with zero attached hydrogens (tertiary/aromatic N) is 3. The maximum absolute atomic E-state index is 13.4. The number of carbonyl (C=O) groups is 2. The van der Waals surface area contributed by atoms with E-state index in [0.29, 0.717) is 18.2 Å². The lowest BCUT2D eigenvalue weighted by Gasteiger charge is -2.53. The molecule has 0 radical (unpaired) electrons. The van der Waals surface area contributed by atoms with Crippen molar-refractivity contribution in [3.05, 3.63) is 46.5 Å². The van der Waals surface area contributed by atoms with Crippen molar-refractivity contribution in [1.82, 2.24) is 14.8 Å². The van der Waals surface area contributed by atoms with Crippen LogP contribution in [0.25, 0.3) is 0 Å². The fraction of sp³-hybridized carbons (Fsp3) is 0.607.